The fraction of sp³-hybridized carbons (Fsp3) is 0.316. The maximum Gasteiger partial charge on any atom is 0.341 e. The second-order valence-corrected chi connectivity index (χ2v) is 8.95. The first-order chi connectivity index (χ1) is 13.3. The van der Waals surface area contributed by atoms with E-state index in [1.165, 1.54) is 12.1 Å². The number of ether oxygens (including phenoxy) is 2. The second kappa shape index (κ2) is 7.27. The van der Waals surface area contributed by atoms with Crippen LogP contribution in [-0.4, -0.2) is 38.2 Å². The zero-order chi connectivity index (χ0) is 19.9. The van der Waals surface area contributed by atoms with Gasteiger partial charge in [0, 0.05) is 22.5 Å². The predicted molar refractivity (Wildman–Crippen MR) is 102 cm³/mol. The molecule has 0 saturated heterocycles. The van der Waals surface area contributed by atoms with Gasteiger partial charge in [-0.1, -0.05) is 29.8 Å². The van der Waals surface area contributed by atoms with Gasteiger partial charge in [-0.2, -0.15) is 0 Å². The van der Waals surface area contributed by atoms with Crippen molar-refractivity contribution in [1.29, 1.82) is 0 Å². The normalized spacial score (nSPS) is 23.0. The summed E-state index contributed by atoms with van der Waals surface area (Å²) in [5, 5.41) is 9.18. The first-order valence-corrected chi connectivity index (χ1v) is 10.6. The summed E-state index contributed by atoms with van der Waals surface area (Å²) in [6.45, 7) is -0.472. The van der Waals surface area contributed by atoms with Gasteiger partial charge in [0.1, 0.15) is 6.10 Å². The summed E-state index contributed by atoms with van der Waals surface area (Å²) in [6.07, 6.45) is 1.13. The number of nitrogens with one attached hydrogen (secondary N) is 1. The third-order valence-electron chi connectivity index (χ3n) is 5.00. The van der Waals surface area contributed by atoms with Crippen molar-refractivity contribution in [3.8, 4) is 11.5 Å². The fourth-order valence-corrected chi connectivity index (χ4v) is 5.46. The first kappa shape index (κ1) is 19.0. The number of sulfonamides is 1. The third-order valence-corrected chi connectivity index (χ3v) is 6.72. The van der Waals surface area contributed by atoms with Crippen LogP contribution in [0.1, 0.15) is 24.3 Å². The van der Waals surface area contributed by atoms with Crippen molar-refractivity contribution < 1.29 is 27.8 Å². The average Bonchev–Trinajstić information content (AvgIpc) is 3.20. The predicted octanol–water partition coefficient (Wildman–Crippen LogP) is 2.79. The number of rotatable bonds is 6. The van der Waals surface area contributed by atoms with Crippen molar-refractivity contribution >= 4 is 27.6 Å². The Balaban J connectivity index is 1.59. The Hall–Kier alpha value is -2.29. The summed E-state index contributed by atoms with van der Waals surface area (Å²) in [4.78, 5) is 10.9. The van der Waals surface area contributed by atoms with Crippen LogP contribution in [0.4, 0.5) is 0 Å². The quantitative estimate of drug-likeness (QED) is 0.740. The highest BCUT2D eigenvalue weighted by Gasteiger charge is 2.47. The molecule has 1 heterocycles. The lowest BCUT2D eigenvalue weighted by Gasteiger charge is -2.19. The standard InChI is InChI=1S/C19H18ClNO6S/c20-11-3-1-4-12(9-11)28(24,25)21-14-7-8-15-18(14)13-5-2-6-16(19(13)27-15)26-10-17(22)23/h1-6,9,14-15,18,21H,7-8,10H2,(H,22,23)/t14-,15-,18+/m0/s1. The van der Waals surface area contributed by atoms with Gasteiger partial charge < -0.3 is 14.6 Å². The summed E-state index contributed by atoms with van der Waals surface area (Å²) in [5.41, 5.74) is 0.823. The zero-order valence-corrected chi connectivity index (χ0v) is 16.2. The first-order valence-electron chi connectivity index (χ1n) is 8.77. The van der Waals surface area contributed by atoms with E-state index in [0.717, 1.165) is 5.56 Å². The molecule has 0 bridgehead atoms. The van der Waals surface area contributed by atoms with Crippen LogP contribution in [0.3, 0.4) is 0 Å². The number of carboxylic acids is 1. The lowest BCUT2D eigenvalue weighted by atomic mass is 9.94. The molecule has 1 saturated carbocycles. The number of hydrogen-bond donors (Lipinski definition) is 2. The molecule has 0 radical (unpaired) electrons. The van der Waals surface area contributed by atoms with Crippen LogP contribution in [0.15, 0.2) is 47.4 Å². The van der Waals surface area contributed by atoms with Gasteiger partial charge in [-0.05, 0) is 37.1 Å². The molecule has 28 heavy (non-hydrogen) atoms. The molecule has 148 valence electrons. The molecule has 1 aliphatic carbocycles. The molecule has 4 rings (SSSR count). The Morgan fingerprint density at radius 1 is 1.25 bits per heavy atom. The Bertz CT molecular complexity index is 1020. The molecular weight excluding hydrogens is 406 g/mol. The number of aliphatic carboxylic acids is 1. The van der Waals surface area contributed by atoms with E-state index >= 15 is 0 Å². The number of hydrogen-bond acceptors (Lipinski definition) is 5. The maximum atomic E-state index is 12.8. The molecule has 2 aliphatic rings. The number of fused-ring (bicyclic) bond motifs is 3. The molecule has 0 aromatic heterocycles. The molecule has 0 spiro atoms. The fourth-order valence-electron chi connectivity index (χ4n) is 3.87. The highest BCUT2D eigenvalue weighted by Crippen LogP contribution is 2.51. The largest absolute Gasteiger partial charge is 0.486 e. The van der Waals surface area contributed by atoms with E-state index in [1.54, 1.807) is 24.3 Å². The highest BCUT2D eigenvalue weighted by molar-refractivity contribution is 7.89. The van der Waals surface area contributed by atoms with Crippen LogP contribution in [-0.2, 0) is 14.8 Å². The van der Waals surface area contributed by atoms with E-state index in [9.17, 15) is 13.2 Å². The molecule has 2 aromatic rings. The maximum absolute atomic E-state index is 12.8. The summed E-state index contributed by atoms with van der Waals surface area (Å²) < 4.78 is 39.7. The van der Waals surface area contributed by atoms with Gasteiger partial charge in [-0.3, -0.25) is 0 Å². The van der Waals surface area contributed by atoms with Gasteiger partial charge in [0.15, 0.2) is 18.1 Å². The molecule has 3 atom stereocenters. The van der Waals surface area contributed by atoms with Crippen molar-refractivity contribution in [2.75, 3.05) is 6.61 Å². The van der Waals surface area contributed by atoms with Crippen LogP contribution in [0.2, 0.25) is 5.02 Å². The van der Waals surface area contributed by atoms with Gasteiger partial charge >= 0.3 is 5.97 Å². The minimum atomic E-state index is -3.74. The van der Waals surface area contributed by atoms with Crippen molar-refractivity contribution in [2.24, 2.45) is 0 Å². The summed E-state index contributed by atoms with van der Waals surface area (Å²) in [7, 11) is -3.74. The Morgan fingerprint density at radius 3 is 2.79 bits per heavy atom. The topological polar surface area (TPSA) is 102 Å². The molecule has 7 nitrogen and oxygen atoms in total. The van der Waals surface area contributed by atoms with Gasteiger partial charge in [-0.25, -0.2) is 17.9 Å². The Labute approximate surface area is 167 Å². The highest BCUT2D eigenvalue weighted by atomic mass is 35.5. The molecule has 0 amide bonds. The minimum absolute atomic E-state index is 0.112. The van der Waals surface area contributed by atoms with Gasteiger partial charge in [0.2, 0.25) is 10.0 Å². The van der Waals surface area contributed by atoms with Crippen LogP contribution >= 0.6 is 11.6 Å². The zero-order valence-electron chi connectivity index (χ0n) is 14.7. The van der Waals surface area contributed by atoms with Crippen LogP contribution < -0.4 is 14.2 Å². The van der Waals surface area contributed by atoms with Crippen molar-refractivity contribution in [3.05, 3.63) is 53.1 Å². The summed E-state index contributed by atoms with van der Waals surface area (Å²) in [5.74, 6) is -0.406. The SMILES string of the molecule is O=C(O)COc1cccc2c1O[C@H]1CC[C@H](NS(=O)(=O)c3cccc(Cl)c3)[C@@H]21. The number of carbonyl (C=O) groups is 1. The van der Waals surface area contributed by atoms with E-state index in [2.05, 4.69) is 4.72 Å². The van der Waals surface area contributed by atoms with Gasteiger partial charge in [-0.15, -0.1) is 0 Å². The van der Waals surface area contributed by atoms with E-state index in [0.29, 0.717) is 29.4 Å². The van der Waals surface area contributed by atoms with E-state index < -0.39 is 22.6 Å². The lowest BCUT2D eigenvalue weighted by molar-refractivity contribution is -0.139. The number of para-hydroxylation sites is 1. The molecule has 1 fully saturated rings. The monoisotopic (exact) mass is 423 g/mol. The number of carboxylic acid groups (broad SMARTS) is 1. The lowest BCUT2D eigenvalue weighted by Crippen LogP contribution is -2.37. The molecule has 0 unspecified atom stereocenters. The third kappa shape index (κ3) is 3.55. The number of benzene rings is 2. The van der Waals surface area contributed by atoms with Crippen molar-refractivity contribution in [1.82, 2.24) is 4.72 Å². The van der Waals surface area contributed by atoms with Crippen molar-refractivity contribution in [3.63, 3.8) is 0 Å². The molecule has 2 aromatic carbocycles. The Morgan fingerprint density at radius 2 is 2.04 bits per heavy atom. The minimum Gasteiger partial charge on any atom is -0.486 e. The molecular formula is C19H18ClNO6S. The molecule has 1 aliphatic heterocycles. The van der Waals surface area contributed by atoms with E-state index in [4.69, 9.17) is 26.2 Å². The van der Waals surface area contributed by atoms with Crippen LogP contribution in [0.5, 0.6) is 11.5 Å². The van der Waals surface area contributed by atoms with Crippen LogP contribution in [0.25, 0.3) is 0 Å². The summed E-state index contributed by atoms with van der Waals surface area (Å²) in [6, 6.07) is 11.0. The molecule has 9 heteroatoms. The molecule has 2 N–H and O–H groups in total. The summed E-state index contributed by atoms with van der Waals surface area (Å²) >= 11 is 5.93. The average molecular weight is 424 g/mol. The smallest absolute Gasteiger partial charge is 0.341 e. The van der Waals surface area contributed by atoms with Gasteiger partial charge in [0.25, 0.3) is 0 Å². The van der Waals surface area contributed by atoms with Crippen LogP contribution in [0, 0.1) is 0 Å². The number of halogens is 1. The van der Waals surface area contributed by atoms with E-state index in [-0.39, 0.29) is 23.0 Å². The van der Waals surface area contributed by atoms with E-state index in [1.807, 2.05) is 6.07 Å². The van der Waals surface area contributed by atoms with Crippen molar-refractivity contribution in [2.45, 2.75) is 35.8 Å². The Kier molecular flexibility index (Phi) is 4.95. The van der Waals surface area contributed by atoms with Gasteiger partial charge in [0.05, 0.1) is 4.90 Å². The second-order valence-electron chi connectivity index (χ2n) is 6.80.